The van der Waals surface area contributed by atoms with Gasteiger partial charge in [0.1, 0.15) is 0 Å². The summed E-state index contributed by atoms with van der Waals surface area (Å²) in [7, 11) is 0. The van der Waals surface area contributed by atoms with Gasteiger partial charge in [-0.15, -0.1) is 35.3 Å². The molecule has 29 heavy (non-hydrogen) atoms. The third-order valence-corrected chi connectivity index (χ3v) is 7.13. The fourth-order valence-corrected chi connectivity index (χ4v) is 5.58. The second-order valence-electron chi connectivity index (χ2n) is 8.41. The molecule has 0 aliphatic carbocycles. The molecule has 6 nitrogen and oxygen atoms in total. The number of aromatic nitrogens is 1. The van der Waals surface area contributed by atoms with Gasteiger partial charge in [-0.2, -0.15) is 0 Å². The Kier molecular flexibility index (Phi) is 9.30. The molecule has 4 heterocycles. The summed E-state index contributed by atoms with van der Waals surface area (Å²) in [6, 6.07) is 0. The van der Waals surface area contributed by atoms with Crippen molar-refractivity contribution in [2.24, 2.45) is 10.9 Å². The summed E-state index contributed by atoms with van der Waals surface area (Å²) >= 11 is 1.79. The molecule has 4 rings (SSSR count). The molecular weight excluding hydrogens is 495 g/mol. The van der Waals surface area contributed by atoms with Gasteiger partial charge in [0, 0.05) is 57.6 Å². The Balaban J connectivity index is 0.00000240. The molecule has 1 atom stereocenters. The highest BCUT2D eigenvalue weighted by molar-refractivity contribution is 14.0. The van der Waals surface area contributed by atoms with Crippen molar-refractivity contribution in [2.45, 2.75) is 45.4 Å². The number of nitrogens with zero attached hydrogens (tertiary/aromatic N) is 5. The second-order valence-corrected chi connectivity index (χ2v) is 9.25. The van der Waals surface area contributed by atoms with Gasteiger partial charge in [0.25, 0.3) is 0 Å². The molecule has 3 aliphatic rings. The van der Waals surface area contributed by atoms with Crippen molar-refractivity contribution < 1.29 is 0 Å². The maximum atomic E-state index is 4.93. The van der Waals surface area contributed by atoms with Gasteiger partial charge in [-0.25, -0.2) is 4.98 Å². The molecule has 8 heteroatoms. The van der Waals surface area contributed by atoms with E-state index >= 15 is 0 Å². The second kappa shape index (κ2) is 11.7. The van der Waals surface area contributed by atoms with Crippen molar-refractivity contribution in [3.63, 3.8) is 0 Å². The predicted molar refractivity (Wildman–Crippen MR) is 134 cm³/mol. The first-order valence-electron chi connectivity index (χ1n) is 11.3. The number of anilines is 1. The molecule has 3 saturated heterocycles. The number of hydrogen-bond acceptors (Lipinski definition) is 5. The SMILES string of the molecule is CCNC(=NCCc1csc(N2CCCC2)n1)N1CCC(CN2CCCC2)C1.I. The molecule has 0 aromatic carbocycles. The van der Waals surface area contributed by atoms with Crippen LogP contribution in [0.4, 0.5) is 5.13 Å². The molecule has 164 valence electrons. The van der Waals surface area contributed by atoms with E-state index in [0.717, 1.165) is 44.5 Å². The zero-order chi connectivity index (χ0) is 19.2. The topological polar surface area (TPSA) is 47.0 Å². The van der Waals surface area contributed by atoms with Crippen LogP contribution in [0.2, 0.25) is 0 Å². The molecule has 0 bridgehead atoms. The maximum absolute atomic E-state index is 4.93. The molecule has 0 saturated carbocycles. The van der Waals surface area contributed by atoms with E-state index < -0.39 is 0 Å². The lowest BCUT2D eigenvalue weighted by Crippen LogP contribution is -2.41. The molecule has 1 N–H and O–H groups in total. The van der Waals surface area contributed by atoms with Gasteiger partial charge in [-0.3, -0.25) is 4.99 Å². The van der Waals surface area contributed by atoms with E-state index in [9.17, 15) is 0 Å². The van der Waals surface area contributed by atoms with Crippen LogP contribution < -0.4 is 10.2 Å². The van der Waals surface area contributed by atoms with Crippen LogP contribution in [0, 0.1) is 5.92 Å². The summed E-state index contributed by atoms with van der Waals surface area (Å²) in [6.07, 6.45) is 7.61. The normalized spacial score (nSPS) is 23.1. The summed E-state index contributed by atoms with van der Waals surface area (Å²) in [5, 5.41) is 6.93. The van der Waals surface area contributed by atoms with E-state index in [4.69, 9.17) is 9.98 Å². The highest BCUT2D eigenvalue weighted by Crippen LogP contribution is 2.24. The molecule has 3 aliphatic heterocycles. The number of likely N-dealkylation sites (tertiary alicyclic amines) is 2. The Bertz CT molecular complexity index is 639. The summed E-state index contributed by atoms with van der Waals surface area (Å²) in [6.45, 7) is 12.4. The van der Waals surface area contributed by atoms with Crippen LogP contribution in [-0.2, 0) is 6.42 Å². The maximum Gasteiger partial charge on any atom is 0.193 e. The minimum Gasteiger partial charge on any atom is -0.357 e. The molecular formula is C21H37IN6S. The van der Waals surface area contributed by atoms with Gasteiger partial charge in [-0.1, -0.05) is 0 Å². The average molecular weight is 533 g/mol. The van der Waals surface area contributed by atoms with E-state index in [1.54, 1.807) is 11.3 Å². The molecule has 0 spiro atoms. The molecule has 0 radical (unpaired) electrons. The van der Waals surface area contributed by atoms with Crippen LogP contribution in [-0.4, -0.2) is 79.6 Å². The Morgan fingerprint density at radius 3 is 2.69 bits per heavy atom. The molecule has 0 amide bonds. The van der Waals surface area contributed by atoms with Crippen LogP contribution in [0.5, 0.6) is 0 Å². The first kappa shape index (κ1) is 23.1. The van der Waals surface area contributed by atoms with Crippen molar-refractivity contribution in [2.75, 3.05) is 63.8 Å². The molecule has 1 unspecified atom stereocenters. The number of rotatable bonds is 7. The number of thiazole rings is 1. The zero-order valence-corrected chi connectivity index (χ0v) is 21.0. The molecule has 1 aromatic heterocycles. The molecule has 3 fully saturated rings. The van der Waals surface area contributed by atoms with Crippen molar-refractivity contribution in [1.82, 2.24) is 20.1 Å². The fraction of sp³-hybridized carbons (Fsp3) is 0.810. The van der Waals surface area contributed by atoms with Gasteiger partial charge in [-0.05, 0) is 58.0 Å². The van der Waals surface area contributed by atoms with Crippen LogP contribution in [0.15, 0.2) is 10.4 Å². The quantitative estimate of drug-likeness (QED) is 0.332. The van der Waals surface area contributed by atoms with Crippen LogP contribution in [0.25, 0.3) is 0 Å². The zero-order valence-electron chi connectivity index (χ0n) is 17.8. The summed E-state index contributed by atoms with van der Waals surface area (Å²) in [5.74, 6) is 1.89. The lowest BCUT2D eigenvalue weighted by Gasteiger charge is -2.23. The first-order chi connectivity index (χ1) is 13.8. The van der Waals surface area contributed by atoms with Gasteiger partial charge in [0.05, 0.1) is 5.69 Å². The number of hydrogen-bond donors (Lipinski definition) is 1. The number of halogens is 1. The largest absolute Gasteiger partial charge is 0.357 e. The predicted octanol–water partition coefficient (Wildman–Crippen LogP) is 3.29. The number of guanidine groups is 1. The Labute approximate surface area is 197 Å². The minimum absolute atomic E-state index is 0. The van der Waals surface area contributed by atoms with Crippen LogP contribution >= 0.6 is 35.3 Å². The van der Waals surface area contributed by atoms with Gasteiger partial charge >= 0.3 is 0 Å². The van der Waals surface area contributed by atoms with Gasteiger partial charge in [0.2, 0.25) is 0 Å². The van der Waals surface area contributed by atoms with Crippen molar-refractivity contribution in [3.8, 4) is 0 Å². The third-order valence-electron chi connectivity index (χ3n) is 6.18. The van der Waals surface area contributed by atoms with Crippen molar-refractivity contribution in [1.29, 1.82) is 0 Å². The van der Waals surface area contributed by atoms with Crippen molar-refractivity contribution in [3.05, 3.63) is 11.1 Å². The average Bonchev–Trinajstić information content (AvgIpc) is 3.48. The highest BCUT2D eigenvalue weighted by Gasteiger charge is 2.27. The van der Waals surface area contributed by atoms with Crippen LogP contribution in [0.1, 0.15) is 44.7 Å². The van der Waals surface area contributed by atoms with Gasteiger partial charge in [0.15, 0.2) is 11.1 Å². The Morgan fingerprint density at radius 2 is 1.93 bits per heavy atom. The Hall–Kier alpha value is -0.610. The van der Waals surface area contributed by atoms with E-state index in [-0.39, 0.29) is 24.0 Å². The smallest absolute Gasteiger partial charge is 0.193 e. The first-order valence-corrected chi connectivity index (χ1v) is 12.1. The summed E-state index contributed by atoms with van der Waals surface area (Å²) in [5.41, 5.74) is 1.19. The van der Waals surface area contributed by atoms with E-state index in [1.807, 2.05) is 0 Å². The molecule has 1 aromatic rings. The minimum atomic E-state index is 0. The van der Waals surface area contributed by atoms with Crippen LogP contribution in [0.3, 0.4) is 0 Å². The monoisotopic (exact) mass is 532 g/mol. The van der Waals surface area contributed by atoms with Gasteiger partial charge < -0.3 is 20.0 Å². The summed E-state index contributed by atoms with van der Waals surface area (Å²) in [4.78, 5) is 17.3. The standard InChI is InChI=1S/C21H36N6S.HI/c1-2-22-20(27-14-8-18(16-27)15-25-10-3-4-11-25)23-9-7-19-17-28-21(24-19)26-12-5-6-13-26;/h17-18H,2-16H2,1H3,(H,22,23);1H. The third kappa shape index (κ3) is 6.43. The number of aliphatic imine (C=N–C) groups is 1. The summed E-state index contributed by atoms with van der Waals surface area (Å²) < 4.78 is 0. The fourth-order valence-electron chi connectivity index (χ4n) is 4.67. The lowest BCUT2D eigenvalue weighted by molar-refractivity contribution is 0.281. The van der Waals surface area contributed by atoms with E-state index in [0.29, 0.717) is 0 Å². The van der Waals surface area contributed by atoms with E-state index in [2.05, 4.69) is 32.3 Å². The number of nitrogens with one attached hydrogen (secondary N) is 1. The Morgan fingerprint density at radius 1 is 1.17 bits per heavy atom. The van der Waals surface area contributed by atoms with Crippen molar-refractivity contribution >= 4 is 46.4 Å². The van der Waals surface area contributed by atoms with E-state index in [1.165, 1.54) is 75.7 Å². The lowest BCUT2D eigenvalue weighted by atomic mass is 10.1. The highest BCUT2D eigenvalue weighted by atomic mass is 127.